The molecule has 2 fully saturated rings. The number of ether oxygens (including phenoxy) is 3. The van der Waals surface area contributed by atoms with Crippen molar-refractivity contribution in [3.05, 3.63) is 18.2 Å². The maximum atomic E-state index is 12.5. The first kappa shape index (κ1) is 16.3. The Morgan fingerprint density at radius 3 is 2.39 bits per heavy atom. The summed E-state index contributed by atoms with van der Waals surface area (Å²) >= 11 is 1.88. The Morgan fingerprint density at radius 2 is 1.87 bits per heavy atom. The zero-order valence-electron chi connectivity index (χ0n) is 13.5. The standard InChI is InChI=1S/C16H22N2O4S/c1-20-13-9-12(10-14(11-13)21-2)17-15(19)18-5-3-16(4-6-18)22-7-8-23-16/h9-11H,3-8H2,1-2H3,(H,17,19). The lowest BCUT2D eigenvalue weighted by Gasteiger charge is -2.37. The average Bonchev–Trinajstić information content (AvgIpc) is 3.03. The third kappa shape index (κ3) is 3.67. The highest BCUT2D eigenvalue weighted by Gasteiger charge is 2.40. The van der Waals surface area contributed by atoms with Crippen molar-refractivity contribution in [1.29, 1.82) is 0 Å². The number of likely N-dealkylation sites (tertiary alicyclic amines) is 1. The van der Waals surface area contributed by atoms with E-state index in [-0.39, 0.29) is 11.0 Å². The first-order chi connectivity index (χ1) is 11.1. The molecule has 1 N–H and O–H groups in total. The third-order valence-electron chi connectivity index (χ3n) is 4.23. The van der Waals surface area contributed by atoms with Crippen molar-refractivity contribution in [1.82, 2.24) is 4.90 Å². The fraction of sp³-hybridized carbons (Fsp3) is 0.562. The summed E-state index contributed by atoms with van der Waals surface area (Å²) in [5.41, 5.74) is 0.665. The number of thioether (sulfide) groups is 1. The molecule has 2 saturated heterocycles. The van der Waals surface area contributed by atoms with Crippen LogP contribution in [0.1, 0.15) is 12.8 Å². The molecule has 0 atom stereocenters. The highest BCUT2D eigenvalue weighted by molar-refractivity contribution is 8.00. The van der Waals surface area contributed by atoms with Crippen molar-refractivity contribution in [3.63, 3.8) is 0 Å². The lowest BCUT2D eigenvalue weighted by molar-refractivity contribution is 0.0105. The van der Waals surface area contributed by atoms with E-state index in [2.05, 4.69) is 5.32 Å². The molecule has 1 aromatic carbocycles. The third-order valence-corrected chi connectivity index (χ3v) is 5.65. The van der Waals surface area contributed by atoms with Gasteiger partial charge in [0.25, 0.3) is 0 Å². The van der Waals surface area contributed by atoms with E-state index in [1.807, 2.05) is 16.7 Å². The van der Waals surface area contributed by atoms with Crippen LogP contribution in [0, 0.1) is 0 Å². The fourth-order valence-corrected chi connectivity index (χ4v) is 4.09. The summed E-state index contributed by atoms with van der Waals surface area (Å²) in [6, 6.07) is 5.23. The molecule has 23 heavy (non-hydrogen) atoms. The number of carbonyl (C=O) groups excluding carboxylic acids is 1. The predicted octanol–water partition coefficient (Wildman–Crippen LogP) is 2.79. The van der Waals surface area contributed by atoms with Gasteiger partial charge in [-0.2, -0.15) is 0 Å². The second kappa shape index (κ2) is 6.88. The molecule has 1 aromatic rings. The Labute approximate surface area is 140 Å². The van der Waals surface area contributed by atoms with Crippen LogP contribution in [0.15, 0.2) is 18.2 Å². The van der Waals surface area contributed by atoms with Gasteiger partial charge in [-0.1, -0.05) is 0 Å². The Kier molecular flexibility index (Phi) is 4.87. The summed E-state index contributed by atoms with van der Waals surface area (Å²) in [7, 11) is 3.17. The summed E-state index contributed by atoms with van der Waals surface area (Å²) in [6.07, 6.45) is 1.76. The molecule has 6 nitrogen and oxygen atoms in total. The van der Waals surface area contributed by atoms with Crippen LogP contribution in [0.5, 0.6) is 11.5 Å². The maximum Gasteiger partial charge on any atom is 0.321 e. The molecule has 0 bridgehead atoms. The van der Waals surface area contributed by atoms with Crippen LogP contribution >= 0.6 is 11.8 Å². The molecule has 3 rings (SSSR count). The van der Waals surface area contributed by atoms with E-state index in [1.54, 1.807) is 32.4 Å². The summed E-state index contributed by atoms with van der Waals surface area (Å²) in [6.45, 7) is 2.24. The van der Waals surface area contributed by atoms with Gasteiger partial charge in [0.15, 0.2) is 0 Å². The summed E-state index contributed by atoms with van der Waals surface area (Å²) in [5, 5.41) is 2.92. The number of piperidine rings is 1. The first-order valence-corrected chi connectivity index (χ1v) is 8.70. The molecule has 2 aliphatic heterocycles. The number of hydrogen-bond acceptors (Lipinski definition) is 5. The van der Waals surface area contributed by atoms with Crippen LogP contribution in [0.25, 0.3) is 0 Å². The monoisotopic (exact) mass is 338 g/mol. The highest BCUT2D eigenvalue weighted by Crippen LogP contribution is 2.41. The Morgan fingerprint density at radius 1 is 1.22 bits per heavy atom. The van der Waals surface area contributed by atoms with E-state index in [9.17, 15) is 4.79 Å². The lowest BCUT2D eigenvalue weighted by Crippen LogP contribution is -2.46. The van der Waals surface area contributed by atoms with Crippen LogP contribution in [0.2, 0.25) is 0 Å². The average molecular weight is 338 g/mol. The second-order valence-corrected chi connectivity index (χ2v) is 7.07. The molecule has 126 valence electrons. The Balaban J connectivity index is 1.61. The molecular weight excluding hydrogens is 316 g/mol. The molecule has 2 heterocycles. The first-order valence-electron chi connectivity index (χ1n) is 7.71. The fourth-order valence-electron chi connectivity index (χ4n) is 2.92. The minimum atomic E-state index is -0.0989. The van der Waals surface area contributed by atoms with E-state index in [1.165, 1.54) is 0 Å². The van der Waals surface area contributed by atoms with Gasteiger partial charge in [0, 0.05) is 55.6 Å². The molecule has 2 aliphatic rings. The van der Waals surface area contributed by atoms with Gasteiger partial charge in [0.1, 0.15) is 16.4 Å². The number of nitrogens with one attached hydrogen (secondary N) is 1. The molecular formula is C16H22N2O4S. The summed E-state index contributed by atoms with van der Waals surface area (Å²) in [5.74, 6) is 2.34. The number of carbonyl (C=O) groups is 1. The van der Waals surface area contributed by atoms with Crippen molar-refractivity contribution >= 4 is 23.5 Å². The van der Waals surface area contributed by atoms with Gasteiger partial charge in [-0.05, 0) is 0 Å². The van der Waals surface area contributed by atoms with Gasteiger partial charge in [-0.3, -0.25) is 0 Å². The lowest BCUT2D eigenvalue weighted by atomic mass is 10.1. The minimum absolute atomic E-state index is 0.0596. The zero-order chi connectivity index (χ0) is 16.3. The van der Waals surface area contributed by atoms with Gasteiger partial charge >= 0.3 is 6.03 Å². The normalized spacial score (nSPS) is 19.7. The maximum absolute atomic E-state index is 12.5. The minimum Gasteiger partial charge on any atom is -0.497 e. The molecule has 0 saturated carbocycles. The highest BCUT2D eigenvalue weighted by atomic mass is 32.2. The number of methoxy groups -OCH3 is 2. The van der Waals surface area contributed by atoms with Crippen molar-refractivity contribution < 1.29 is 19.0 Å². The number of nitrogens with zero attached hydrogens (tertiary/aromatic N) is 1. The molecule has 7 heteroatoms. The molecule has 0 unspecified atom stereocenters. The number of anilines is 1. The van der Waals surface area contributed by atoms with Crippen LogP contribution in [0.3, 0.4) is 0 Å². The number of hydrogen-bond donors (Lipinski definition) is 1. The second-order valence-electron chi connectivity index (χ2n) is 5.63. The quantitative estimate of drug-likeness (QED) is 0.918. The van der Waals surface area contributed by atoms with E-state index < -0.39 is 0 Å². The molecule has 0 aromatic heterocycles. The summed E-state index contributed by atoms with van der Waals surface area (Å²) in [4.78, 5) is 14.2. The van der Waals surface area contributed by atoms with E-state index in [0.29, 0.717) is 30.3 Å². The molecule has 1 spiro atoms. The van der Waals surface area contributed by atoms with Crippen molar-refractivity contribution in [2.45, 2.75) is 17.8 Å². The Hall–Kier alpha value is -1.60. The number of rotatable bonds is 3. The van der Waals surface area contributed by atoms with Gasteiger partial charge in [0.05, 0.1) is 20.8 Å². The molecule has 0 radical (unpaired) electrons. The Bertz CT molecular complexity index is 543. The van der Waals surface area contributed by atoms with Gasteiger partial charge in [-0.25, -0.2) is 4.79 Å². The smallest absolute Gasteiger partial charge is 0.321 e. The topological polar surface area (TPSA) is 60.0 Å². The van der Waals surface area contributed by atoms with Gasteiger partial charge in [-0.15, -0.1) is 11.8 Å². The predicted molar refractivity (Wildman–Crippen MR) is 90.5 cm³/mol. The van der Waals surface area contributed by atoms with Crippen LogP contribution < -0.4 is 14.8 Å². The van der Waals surface area contributed by atoms with E-state index in [0.717, 1.165) is 25.2 Å². The van der Waals surface area contributed by atoms with E-state index in [4.69, 9.17) is 14.2 Å². The number of amides is 2. The van der Waals surface area contributed by atoms with Crippen LogP contribution in [-0.4, -0.2) is 55.5 Å². The van der Waals surface area contributed by atoms with Crippen molar-refractivity contribution in [2.24, 2.45) is 0 Å². The van der Waals surface area contributed by atoms with Crippen molar-refractivity contribution in [3.8, 4) is 11.5 Å². The zero-order valence-corrected chi connectivity index (χ0v) is 14.3. The van der Waals surface area contributed by atoms with Crippen LogP contribution in [0.4, 0.5) is 10.5 Å². The largest absolute Gasteiger partial charge is 0.497 e. The molecule has 2 amide bonds. The number of benzene rings is 1. The molecule has 0 aliphatic carbocycles. The SMILES string of the molecule is COc1cc(NC(=O)N2CCC3(CC2)OCCS3)cc(OC)c1. The van der Waals surface area contributed by atoms with Gasteiger partial charge < -0.3 is 24.4 Å². The van der Waals surface area contributed by atoms with Crippen molar-refractivity contribution in [2.75, 3.05) is 45.0 Å². The van der Waals surface area contributed by atoms with Gasteiger partial charge in [0.2, 0.25) is 0 Å². The van der Waals surface area contributed by atoms with Crippen LogP contribution in [-0.2, 0) is 4.74 Å². The van der Waals surface area contributed by atoms with E-state index >= 15 is 0 Å². The number of urea groups is 1. The summed E-state index contributed by atoms with van der Waals surface area (Å²) < 4.78 is 16.3.